The smallest absolute Gasteiger partial charge is 0.140 e. The highest BCUT2D eigenvalue weighted by Crippen LogP contribution is 2.12. The minimum atomic E-state index is 0.318. The number of nitrogens with two attached hydrogens (primary N) is 1. The van der Waals surface area contributed by atoms with Gasteiger partial charge in [-0.15, -0.1) is 0 Å². The first-order chi connectivity index (χ1) is 6.63. The van der Waals surface area contributed by atoms with E-state index in [1.807, 2.05) is 0 Å². The Balaban J connectivity index is 2.23. The van der Waals surface area contributed by atoms with Crippen molar-refractivity contribution in [2.75, 3.05) is 33.7 Å². The van der Waals surface area contributed by atoms with Crippen molar-refractivity contribution >= 4 is 5.84 Å². The van der Waals surface area contributed by atoms with Crippen molar-refractivity contribution in [2.24, 2.45) is 10.9 Å². The Morgan fingerprint density at radius 1 is 1.64 bits per heavy atom. The lowest BCUT2D eigenvalue weighted by Gasteiger charge is -2.20. The highest BCUT2D eigenvalue weighted by Gasteiger charge is 2.23. The molecule has 0 spiro atoms. The summed E-state index contributed by atoms with van der Waals surface area (Å²) in [6.07, 6.45) is 1.86. The van der Waals surface area contributed by atoms with E-state index >= 15 is 0 Å². The van der Waals surface area contributed by atoms with E-state index in [9.17, 15) is 0 Å². The van der Waals surface area contributed by atoms with Crippen LogP contribution in [0, 0.1) is 0 Å². The van der Waals surface area contributed by atoms with Crippen LogP contribution in [0.3, 0.4) is 0 Å². The fraction of sp³-hybridized carbons (Fsp3) is 0.889. The topological polar surface area (TPSA) is 65.1 Å². The Bertz CT molecular complexity index is 205. The van der Waals surface area contributed by atoms with Crippen LogP contribution in [0.4, 0.5) is 0 Å². The normalized spacial score (nSPS) is 24.8. The number of rotatable bonds is 4. The summed E-state index contributed by atoms with van der Waals surface area (Å²) in [5.41, 5.74) is 5.41. The zero-order chi connectivity index (χ0) is 10.6. The van der Waals surface area contributed by atoms with E-state index in [0.29, 0.717) is 18.3 Å². The Kier molecular flexibility index (Phi) is 4.16. The largest absolute Gasteiger partial charge is 0.409 e. The highest BCUT2D eigenvalue weighted by atomic mass is 16.4. The van der Waals surface area contributed by atoms with E-state index in [1.165, 1.54) is 6.42 Å². The molecule has 5 nitrogen and oxygen atoms in total. The fourth-order valence-electron chi connectivity index (χ4n) is 1.76. The second-order valence-electron chi connectivity index (χ2n) is 4.05. The molecular formula is C9H20N4O. The van der Waals surface area contributed by atoms with Gasteiger partial charge in [0.1, 0.15) is 5.84 Å². The van der Waals surface area contributed by atoms with Crippen molar-refractivity contribution in [1.29, 1.82) is 0 Å². The van der Waals surface area contributed by atoms with Gasteiger partial charge in [-0.2, -0.15) is 0 Å². The molecule has 0 bridgehead atoms. The molecule has 1 atom stereocenters. The Labute approximate surface area is 85.2 Å². The number of amidine groups is 1. The monoisotopic (exact) mass is 200 g/mol. The molecule has 0 amide bonds. The van der Waals surface area contributed by atoms with Crippen LogP contribution in [0.5, 0.6) is 0 Å². The predicted octanol–water partition coefficient (Wildman–Crippen LogP) is -0.241. The van der Waals surface area contributed by atoms with Crippen LogP contribution in [-0.2, 0) is 0 Å². The number of hydrogen-bond acceptors (Lipinski definition) is 4. The molecule has 82 valence electrons. The molecule has 1 aliphatic rings. The molecule has 0 radical (unpaired) electrons. The molecule has 0 aromatic rings. The molecular weight excluding hydrogens is 180 g/mol. The quantitative estimate of drug-likeness (QED) is 0.284. The molecule has 1 unspecified atom stereocenters. The maximum atomic E-state index is 8.39. The summed E-state index contributed by atoms with van der Waals surface area (Å²) in [6.45, 7) is 3.09. The summed E-state index contributed by atoms with van der Waals surface area (Å²) in [7, 11) is 4.22. The van der Waals surface area contributed by atoms with Gasteiger partial charge in [0.05, 0.1) is 0 Å². The zero-order valence-electron chi connectivity index (χ0n) is 8.98. The third kappa shape index (κ3) is 3.16. The van der Waals surface area contributed by atoms with Gasteiger partial charge in [0.25, 0.3) is 0 Å². The molecule has 3 N–H and O–H groups in total. The first kappa shape index (κ1) is 11.3. The number of likely N-dealkylation sites (N-methyl/N-ethyl adjacent to an activating group) is 1. The van der Waals surface area contributed by atoms with Crippen LogP contribution in [-0.4, -0.2) is 60.6 Å². The summed E-state index contributed by atoms with van der Waals surface area (Å²) >= 11 is 0. The zero-order valence-corrected chi connectivity index (χ0v) is 8.98. The van der Waals surface area contributed by atoms with E-state index in [-0.39, 0.29) is 0 Å². The summed E-state index contributed by atoms with van der Waals surface area (Å²) in [6, 6.07) is 0.655. The number of hydrogen-bond donors (Lipinski definition) is 2. The third-order valence-electron chi connectivity index (χ3n) is 2.79. The lowest BCUT2D eigenvalue weighted by atomic mass is 10.2. The second kappa shape index (κ2) is 5.17. The minimum Gasteiger partial charge on any atom is -0.409 e. The molecule has 1 fully saturated rings. The summed E-state index contributed by atoms with van der Waals surface area (Å²) in [5, 5.41) is 11.3. The van der Waals surface area contributed by atoms with Crippen LogP contribution in [0.1, 0.15) is 12.8 Å². The molecule has 0 aromatic carbocycles. The molecule has 0 aliphatic carbocycles. The Hall–Kier alpha value is -0.810. The predicted molar refractivity (Wildman–Crippen MR) is 56.6 cm³/mol. The summed E-state index contributed by atoms with van der Waals surface area (Å²) in [4.78, 5) is 4.60. The van der Waals surface area contributed by atoms with E-state index < -0.39 is 0 Å². The second-order valence-corrected chi connectivity index (χ2v) is 4.05. The van der Waals surface area contributed by atoms with Crippen LogP contribution >= 0.6 is 0 Å². The Morgan fingerprint density at radius 3 is 2.86 bits per heavy atom. The van der Waals surface area contributed by atoms with Crippen molar-refractivity contribution in [3.8, 4) is 0 Å². The van der Waals surface area contributed by atoms with Crippen molar-refractivity contribution in [3.63, 3.8) is 0 Å². The van der Waals surface area contributed by atoms with Crippen molar-refractivity contribution < 1.29 is 5.21 Å². The first-order valence-corrected chi connectivity index (χ1v) is 4.98. The highest BCUT2D eigenvalue weighted by molar-refractivity contribution is 5.79. The fourth-order valence-corrected chi connectivity index (χ4v) is 1.76. The molecule has 1 saturated heterocycles. The average Bonchev–Trinajstić information content (AvgIpc) is 2.62. The molecule has 0 saturated carbocycles. The van der Waals surface area contributed by atoms with Gasteiger partial charge in [-0.25, -0.2) is 0 Å². The van der Waals surface area contributed by atoms with E-state index in [2.05, 4.69) is 29.1 Å². The van der Waals surface area contributed by atoms with E-state index in [1.54, 1.807) is 0 Å². The van der Waals surface area contributed by atoms with Gasteiger partial charge in [0.15, 0.2) is 0 Å². The molecule has 1 rings (SSSR count). The van der Waals surface area contributed by atoms with Gasteiger partial charge in [0, 0.05) is 25.6 Å². The first-order valence-electron chi connectivity index (χ1n) is 4.98. The lowest BCUT2D eigenvalue weighted by Crippen LogP contribution is -2.32. The van der Waals surface area contributed by atoms with Crippen molar-refractivity contribution in [1.82, 2.24) is 9.80 Å². The van der Waals surface area contributed by atoms with Crippen LogP contribution in [0.25, 0.3) is 0 Å². The van der Waals surface area contributed by atoms with Crippen LogP contribution in [0.15, 0.2) is 5.16 Å². The van der Waals surface area contributed by atoms with Gasteiger partial charge in [-0.05, 0) is 27.1 Å². The standard InChI is InChI=1S/C9H20N4O/c1-12(2)8-3-5-13(7-8)6-4-9(10)11-14/h8,14H,3-7H2,1-2H3,(H2,10,11). The van der Waals surface area contributed by atoms with Crippen LogP contribution < -0.4 is 5.73 Å². The molecule has 1 aliphatic heterocycles. The summed E-state index contributed by atoms with van der Waals surface area (Å²) < 4.78 is 0. The van der Waals surface area contributed by atoms with Gasteiger partial charge < -0.3 is 20.7 Å². The SMILES string of the molecule is CN(C)C1CCN(CCC(N)=NO)C1. The van der Waals surface area contributed by atoms with Gasteiger partial charge in [0.2, 0.25) is 0 Å². The van der Waals surface area contributed by atoms with Crippen molar-refractivity contribution in [3.05, 3.63) is 0 Å². The number of oxime groups is 1. The molecule has 0 aromatic heterocycles. The van der Waals surface area contributed by atoms with Crippen LogP contribution in [0.2, 0.25) is 0 Å². The van der Waals surface area contributed by atoms with Gasteiger partial charge in [-0.1, -0.05) is 5.16 Å². The molecule has 1 heterocycles. The Morgan fingerprint density at radius 2 is 2.36 bits per heavy atom. The summed E-state index contributed by atoms with van der Waals surface area (Å²) in [5.74, 6) is 0.318. The molecule has 5 heteroatoms. The maximum Gasteiger partial charge on any atom is 0.140 e. The van der Waals surface area contributed by atoms with Crippen molar-refractivity contribution in [2.45, 2.75) is 18.9 Å². The maximum absolute atomic E-state index is 8.39. The van der Waals surface area contributed by atoms with E-state index in [4.69, 9.17) is 10.9 Å². The van der Waals surface area contributed by atoms with E-state index in [0.717, 1.165) is 19.6 Å². The molecule has 14 heavy (non-hydrogen) atoms. The third-order valence-corrected chi connectivity index (χ3v) is 2.79. The minimum absolute atomic E-state index is 0.318. The lowest BCUT2D eigenvalue weighted by molar-refractivity contribution is 0.270. The number of nitrogens with zero attached hydrogens (tertiary/aromatic N) is 3. The van der Waals surface area contributed by atoms with Gasteiger partial charge in [-0.3, -0.25) is 0 Å². The van der Waals surface area contributed by atoms with Gasteiger partial charge >= 0.3 is 0 Å². The number of likely N-dealkylation sites (tertiary alicyclic amines) is 1. The average molecular weight is 200 g/mol.